The topological polar surface area (TPSA) is 182 Å². The number of phenols is 9. The predicted octanol–water partition coefficient (Wildman–Crippen LogP) is 13.4. The Hall–Kier alpha value is -5.70. The van der Waals surface area contributed by atoms with E-state index in [0.29, 0.717) is 35.2 Å². The van der Waals surface area contributed by atoms with Gasteiger partial charge in [-0.2, -0.15) is 0 Å². The number of aromatic hydroxyl groups is 9. The Labute approximate surface area is 352 Å². The van der Waals surface area contributed by atoms with Gasteiger partial charge in [0, 0.05) is 6.07 Å². The van der Waals surface area contributed by atoms with Gasteiger partial charge in [0.25, 0.3) is 0 Å². The maximum Gasteiger partial charge on any atom is 0.200 e. The lowest BCUT2D eigenvalue weighted by Crippen LogP contribution is -1.90. The monoisotopic (exact) mass is 815 g/mol. The third kappa shape index (κ3) is 18.2. The number of hydrogen-bond donors (Lipinski definition) is 9. The van der Waals surface area contributed by atoms with Gasteiger partial charge in [0.05, 0.1) is 0 Å². The highest BCUT2D eigenvalue weighted by atomic mass is 16.3. The maximum absolute atomic E-state index is 9.22. The lowest BCUT2D eigenvalue weighted by Gasteiger charge is -2.10. The molecule has 0 aromatic heterocycles. The molecule has 5 unspecified atom stereocenters. The number of hydrogen-bond acceptors (Lipinski definition) is 9. The van der Waals surface area contributed by atoms with Crippen molar-refractivity contribution in [3.8, 4) is 51.7 Å². The molecule has 0 saturated carbocycles. The molecule has 9 N–H and O–H groups in total. The van der Waals surface area contributed by atoms with Crippen LogP contribution in [0.4, 0.5) is 0 Å². The molecule has 9 nitrogen and oxygen atoms in total. The molecule has 0 saturated heterocycles. The maximum atomic E-state index is 9.22. The quantitative estimate of drug-likeness (QED) is 0.0620. The second-order valence-electron chi connectivity index (χ2n) is 15.2. The Kier molecular flexibility index (Phi) is 22.9. The van der Waals surface area contributed by atoms with Crippen LogP contribution in [0.2, 0.25) is 0 Å². The molecule has 0 radical (unpaired) electrons. The minimum atomic E-state index is -0.452. The van der Waals surface area contributed by atoms with Crippen LogP contribution in [0.15, 0.2) is 97.1 Å². The normalized spacial score (nSPS) is 12.8. The minimum absolute atomic E-state index is 0.0344. The molecule has 0 amide bonds. The fraction of sp³-hybridized carbons (Fsp3) is 0.400. The lowest BCUT2D eigenvalue weighted by atomic mass is 9.98. The number of rotatable bonds is 10. The fourth-order valence-corrected chi connectivity index (χ4v) is 5.47. The van der Waals surface area contributed by atoms with E-state index >= 15 is 0 Å². The first kappa shape index (κ1) is 51.3. The molecule has 59 heavy (non-hydrogen) atoms. The molecule has 0 aliphatic carbocycles. The second kappa shape index (κ2) is 26.3. The second-order valence-corrected chi connectivity index (χ2v) is 15.2. The third-order valence-electron chi connectivity index (χ3n) is 10.7. The SMILES string of the molecule is CCC(C)c1cc(O)c(O)c(O)c1.CCC(C)c1cc(O)cc(O)c1.CCC(C)c1ccc(O)c(O)c1.CCC(C)c1ccc(O)cc1.CCC(C)c1cccc(O)c1. The summed E-state index contributed by atoms with van der Waals surface area (Å²) in [5.41, 5.74) is 5.39. The summed E-state index contributed by atoms with van der Waals surface area (Å²) in [5.74, 6) is 2.09. The zero-order valence-corrected chi connectivity index (χ0v) is 36.7. The summed E-state index contributed by atoms with van der Waals surface area (Å²) in [6.07, 6.45) is 5.21. The van der Waals surface area contributed by atoms with Crippen LogP contribution in [0.1, 0.15) is 159 Å². The van der Waals surface area contributed by atoms with Crippen LogP contribution in [0, 0.1) is 0 Å². The largest absolute Gasteiger partial charge is 0.508 e. The van der Waals surface area contributed by atoms with Crippen molar-refractivity contribution in [2.24, 2.45) is 0 Å². The molecular weight excluding hydrogens is 745 g/mol. The molecule has 0 heterocycles. The van der Waals surface area contributed by atoms with Gasteiger partial charge in [-0.15, -0.1) is 0 Å². The molecule has 0 spiro atoms. The summed E-state index contributed by atoms with van der Waals surface area (Å²) >= 11 is 0. The van der Waals surface area contributed by atoms with E-state index in [1.807, 2.05) is 50.2 Å². The van der Waals surface area contributed by atoms with E-state index in [4.69, 9.17) is 20.4 Å². The van der Waals surface area contributed by atoms with Gasteiger partial charge in [0.2, 0.25) is 0 Å². The van der Waals surface area contributed by atoms with Gasteiger partial charge in [-0.25, -0.2) is 0 Å². The van der Waals surface area contributed by atoms with Crippen molar-refractivity contribution in [3.05, 3.63) is 125 Å². The van der Waals surface area contributed by atoms with Crippen molar-refractivity contribution in [2.45, 2.75) is 131 Å². The molecule has 0 fully saturated rings. The average Bonchev–Trinajstić information content (AvgIpc) is 3.22. The van der Waals surface area contributed by atoms with Crippen LogP contribution in [-0.4, -0.2) is 46.0 Å². The summed E-state index contributed by atoms with van der Waals surface area (Å²) in [4.78, 5) is 0. The summed E-state index contributed by atoms with van der Waals surface area (Å²) in [6.45, 7) is 21.0. The molecule has 324 valence electrons. The van der Waals surface area contributed by atoms with Crippen LogP contribution in [0.5, 0.6) is 51.7 Å². The summed E-state index contributed by atoms with van der Waals surface area (Å²) < 4.78 is 0. The Morgan fingerprint density at radius 1 is 0.305 bits per heavy atom. The van der Waals surface area contributed by atoms with Crippen molar-refractivity contribution in [3.63, 3.8) is 0 Å². The van der Waals surface area contributed by atoms with E-state index in [9.17, 15) is 25.5 Å². The van der Waals surface area contributed by atoms with Gasteiger partial charge < -0.3 is 46.0 Å². The highest BCUT2D eigenvalue weighted by Gasteiger charge is 2.11. The molecular formula is C50H70O9. The van der Waals surface area contributed by atoms with Gasteiger partial charge >= 0.3 is 0 Å². The Bertz CT molecular complexity index is 1900. The number of benzene rings is 5. The van der Waals surface area contributed by atoms with Crippen LogP contribution >= 0.6 is 0 Å². The highest BCUT2D eigenvalue weighted by molar-refractivity contribution is 5.51. The van der Waals surface area contributed by atoms with E-state index in [2.05, 4.69) is 55.4 Å². The average molecular weight is 815 g/mol. The van der Waals surface area contributed by atoms with Crippen molar-refractivity contribution in [1.82, 2.24) is 0 Å². The number of phenolic OH excluding ortho intramolecular Hbond substituents is 9. The first-order valence-electron chi connectivity index (χ1n) is 20.7. The Morgan fingerprint density at radius 3 is 1.08 bits per heavy atom. The van der Waals surface area contributed by atoms with E-state index in [1.54, 1.807) is 36.4 Å². The molecule has 0 aliphatic rings. The molecule has 5 atom stereocenters. The van der Waals surface area contributed by atoms with E-state index in [1.165, 1.54) is 35.4 Å². The van der Waals surface area contributed by atoms with Crippen molar-refractivity contribution in [1.29, 1.82) is 0 Å². The van der Waals surface area contributed by atoms with Crippen molar-refractivity contribution >= 4 is 0 Å². The van der Waals surface area contributed by atoms with E-state index in [0.717, 1.165) is 48.8 Å². The Morgan fingerprint density at radius 2 is 0.661 bits per heavy atom. The van der Waals surface area contributed by atoms with Crippen LogP contribution < -0.4 is 0 Å². The predicted molar refractivity (Wildman–Crippen MR) is 241 cm³/mol. The third-order valence-corrected chi connectivity index (χ3v) is 10.7. The van der Waals surface area contributed by atoms with Gasteiger partial charge in [-0.3, -0.25) is 0 Å². The molecule has 9 heteroatoms. The summed E-state index contributed by atoms with van der Waals surface area (Å²) in [5, 5.41) is 82.3. The van der Waals surface area contributed by atoms with Crippen molar-refractivity contribution in [2.75, 3.05) is 0 Å². The van der Waals surface area contributed by atoms with Gasteiger partial charge in [0.15, 0.2) is 28.7 Å². The molecule has 5 rings (SSSR count). The molecule has 5 aromatic rings. The summed E-state index contributed by atoms with van der Waals surface area (Å²) in [6, 6.07) is 27.5. The lowest BCUT2D eigenvalue weighted by molar-refractivity contribution is 0.366. The molecule has 0 bridgehead atoms. The zero-order chi connectivity index (χ0) is 44.8. The smallest absolute Gasteiger partial charge is 0.200 e. The first-order chi connectivity index (χ1) is 27.8. The van der Waals surface area contributed by atoms with E-state index in [-0.39, 0.29) is 40.4 Å². The van der Waals surface area contributed by atoms with Gasteiger partial charge in [0.1, 0.15) is 23.0 Å². The van der Waals surface area contributed by atoms with Crippen LogP contribution in [0.3, 0.4) is 0 Å². The minimum Gasteiger partial charge on any atom is -0.508 e. The van der Waals surface area contributed by atoms with Gasteiger partial charge in [-0.1, -0.05) is 99.6 Å². The van der Waals surface area contributed by atoms with Crippen molar-refractivity contribution < 1.29 is 46.0 Å². The first-order valence-corrected chi connectivity index (χ1v) is 20.7. The zero-order valence-electron chi connectivity index (χ0n) is 36.7. The standard InChI is InChI=1S/C10H14O3.2C10H14O2.2C10H14O/c1-3-6(2)7-4-8(11)10(13)9(12)5-7;1-3-7(2)8-4-9(11)6-10(12)5-8;1-3-7(2)8-4-5-9(11)10(12)6-8;1-3-8(2)9-4-6-10(11)7-5-9;1-3-8(2)9-5-4-6-10(11)7-9/h4-6,11-13H,3H2,1-2H3;2*4-7,11-12H,3H2,1-2H3;2*4-8,11H,3H2,1-2H3. The van der Waals surface area contributed by atoms with Crippen LogP contribution in [0.25, 0.3) is 0 Å². The fourth-order valence-electron chi connectivity index (χ4n) is 5.47. The van der Waals surface area contributed by atoms with E-state index < -0.39 is 5.75 Å². The van der Waals surface area contributed by atoms with Crippen LogP contribution in [-0.2, 0) is 0 Å². The molecule has 0 aliphatic heterocycles. The Balaban J connectivity index is 0.000000369. The van der Waals surface area contributed by atoms with Gasteiger partial charge in [-0.05, 0) is 150 Å². The summed E-state index contributed by atoms with van der Waals surface area (Å²) in [7, 11) is 0. The highest BCUT2D eigenvalue weighted by Crippen LogP contribution is 2.38. The molecule has 5 aromatic carbocycles.